The average molecular weight is 415 g/mol. The molecule has 31 heavy (non-hydrogen) atoms. The van der Waals surface area contributed by atoms with Crippen molar-refractivity contribution in [2.45, 2.75) is 44.8 Å². The minimum absolute atomic E-state index is 0.160. The third kappa shape index (κ3) is 4.09. The van der Waals surface area contributed by atoms with Gasteiger partial charge in [0.2, 0.25) is 0 Å². The van der Waals surface area contributed by atoms with Crippen LogP contribution in [0.25, 0.3) is 10.9 Å². The smallest absolute Gasteiger partial charge is 0.310 e. The molecular formula is C27H30N2O2. The van der Waals surface area contributed by atoms with Crippen molar-refractivity contribution in [3.63, 3.8) is 0 Å². The van der Waals surface area contributed by atoms with Crippen molar-refractivity contribution in [1.82, 2.24) is 9.88 Å². The van der Waals surface area contributed by atoms with E-state index in [1.807, 2.05) is 60.8 Å². The van der Waals surface area contributed by atoms with Gasteiger partial charge in [0.25, 0.3) is 0 Å². The standard InChI is InChI=1S/C27H30N2O2/c1-2-20-18-29-15-13-21(20)17-25(29)27(31-26(30)16-19-8-4-3-5-9-19)23-12-14-28-24-11-7-6-10-22(23)24/h3-12,14,20-21,25,27H,2,13,15-18H2,1H3/t20-,21+,25+,27-/m0/s1. The first-order valence-corrected chi connectivity index (χ1v) is 11.5. The Morgan fingerprint density at radius 2 is 1.94 bits per heavy atom. The number of nitrogens with zero attached hydrogens (tertiary/aromatic N) is 2. The monoisotopic (exact) mass is 414 g/mol. The summed E-state index contributed by atoms with van der Waals surface area (Å²) in [7, 11) is 0. The first-order chi connectivity index (χ1) is 15.2. The predicted octanol–water partition coefficient (Wildman–Crippen LogP) is 5.18. The van der Waals surface area contributed by atoms with E-state index in [2.05, 4.69) is 22.9 Å². The maximum Gasteiger partial charge on any atom is 0.310 e. The van der Waals surface area contributed by atoms with Crippen molar-refractivity contribution in [3.8, 4) is 0 Å². The number of ether oxygens (including phenoxy) is 1. The van der Waals surface area contributed by atoms with E-state index in [1.165, 1.54) is 12.8 Å². The van der Waals surface area contributed by atoms with Gasteiger partial charge < -0.3 is 4.74 Å². The normalized spacial score (nSPS) is 26.0. The van der Waals surface area contributed by atoms with Crippen LogP contribution in [0.4, 0.5) is 0 Å². The molecule has 160 valence electrons. The van der Waals surface area contributed by atoms with Gasteiger partial charge in [-0.05, 0) is 48.9 Å². The van der Waals surface area contributed by atoms with Crippen molar-refractivity contribution in [2.24, 2.45) is 11.8 Å². The van der Waals surface area contributed by atoms with Crippen molar-refractivity contribution >= 4 is 16.9 Å². The van der Waals surface area contributed by atoms with Gasteiger partial charge in [0.15, 0.2) is 0 Å². The molecule has 1 unspecified atom stereocenters. The number of rotatable bonds is 6. The molecule has 0 saturated carbocycles. The lowest BCUT2D eigenvalue weighted by atomic mass is 9.72. The summed E-state index contributed by atoms with van der Waals surface area (Å²) in [6.07, 6.45) is 5.46. The van der Waals surface area contributed by atoms with Gasteiger partial charge in [-0.1, -0.05) is 61.9 Å². The maximum atomic E-state index is 13.0. The molecule has 3 aliphatic heterocycles. The number of hydrogen-bond donors (Lipinski definition) is 0. The molecule has 0 amide bonds. The van der Waals surface area contributed by atoms with E-state index >= 15 is 0 Å². The summed E-state index contributed by atoms with van der Waals surface area (Å²) in [6, 6.07) is 20.3. The zero-order valence-corrected chi connectivity index (χ0v) is 18.1. The third-order valence-electron chi connectivity index (χ3n) is 7.25. The van der Waals surface area contributed by atoms with Crippen LogP contribution in [0.3, 0.4) is 0 Å². The van der Waals surface area contributed by atoms with Gasteiger partial charge in [0.05, 0.1) is 18.0 Å². The second kappa shape index (κ2) is 8.80. The topological polar surface area (TPSA) is 42.4 Å². The molecule has 0 N–H and O–H groups in total. The number of carbonyl (C=O) groups excluding carboxylic acids is 1. The fourth-order valence-electron chi connectivity index (χ4n) is 5.62. The second-order valence-corrected chi connectivity index (χ2v) is 9.01. The van der Waals surface area contributed by atoms with Crippen LogP contribution in [-0.2, 0) is 16.0 Å². The summed E-state index contributed by atoms with van der Waals surface area (Å²) < 4.78 is 6.30. The minimum Gasteiger partial charge on any atom is -0.456 e. The van der Waals surface area contributed by atoms with Gasteiger partial charge in [-0.15, -0.1) is 0 Å². The number of para-hydroxylation sites is 1. The van der Waals surface area contributed by atoms with Gasteiger partial charge in [-0.25, -0.2) is 0 Å². The number of aromatic nitrogens is 1. The Bertz CT molecular complexity index is 1050. The number of pyridine rings is 1. The van der Waals surface area contributed by atoms with Crippen LogP contribution in [-0.4, -0.2) is 35.0 Å². The highest BCUT2D eigenvalue weighted by Gasteiger charge is 2.44. The molecule has 3 saturated heterocycles. The van der Waals surface area contributed by atoms with Gasteiger partial charge >= 0.3 is 5.97 Å². The molecule has 3 aliphatic rings. The molecule has 0 aliphatic carbocycles. The highest BCUT2D eigenvalue weighted by molar-refractivity contribution is 5.83. The summed E-state index contributed by atoms with van der Waals surface area (Å²) in [6.45, 7) is 4.51. The molecule has 4 heteroatoms. The Balaban J connectivity index is 1.48. The Hall–Kier alpha value is -2.72. The van der Waals surface area contributed by atoms with E-state index in [-0.39, 0.29) is 18.1 Å². The van der Waals surface area contributed by atoms with Crippen LogP contribution in [0.2, 0.25) is 0 Å². The second-order valence-electron chi connectivity index (χ2n) is 9.01. The molecule has 0 spiro atoms. The zero-order chi connectivity index (χ0) is 21.2. The van der Waals surface area contributed by atoms with E-state index in [1.54, 1.807) is 0 Å². The van der Waals surface area contributed by atoms with Crippen LogP contribution in [0, 0.1) is 11.8 Å². The van der Waals surface area contributed by atoms with E-state index in [4.69, 9.17) is 4.74 Å². The molecule has 3 fully saturated rings. The first-order valence-electron chi connectivity index (χ1n) is 11.5. The van der Waals surface area contributed by atoms with Crippen LogP contribution in [0.15, 0.2) is 66.9 Å². The molecule has 6 rings (SSSR count). The Morgan fingerprint density at radius 3 is 2.71 bits per heavy atom. The van der Waals surface area contributed by atoms with Crippen LogP contribution >= 0.6 is 0 Å². The summed E-state index contributed by atoms with van der Waals surface area (Å²) in [5.41, 5.74) is 3.02. The van der Waals surface area contributed by atoms with E-state index in [0.717, 1.165) is 53.4 Å². The van der Waals surface area contributed by atoms with E-state index in [0.29, 0.717) is 6.42 Å². The highest BCUT2D eigenvalue weighted by Crippen LogP contribution is 2.44. The van der Waals surface area contributed by atoms with Crippen molar-refractivity contribution in [1.29, 1.82) is 0 Å². The summed E-state index contributed by atoms with van der Waals surface area (Å²) in [4.78, 5) is 20.2. The van der Waals surface area contributed by atoms with Crippen LogP contribution in [0.5, 0.6) is 0 Å². The summed E-state index contributed by atoms with van der Waals surface area (Å²) in [5.74, 6) is 1.33. The van der Waals surface area contributed by atoms with Crippen molar-refractivity contribution < 1.29 is 9.53 Å². The summed E-state index contributed by atoms with van der Waals surface area (Å²) in [5, 5.41) is 1.08. The van der Waals surface area contributed by atoms with Gasteiger partial charge in [-0.3, -0.25) is 14.7 Å². The molecule has 5 atom stereocenters. The maximum absolute atomic E-state index is 13.0. The van der Waals surface area contributed by atoms with Crippen LogP contribution < -0.4 is 0 Å². The minimum atomic E-state index is -0.273. The molecule has 4 nitrogen and oxygen atoms in total. The van der Waals surface area contributed by atoms with Crippen molar-refractivity contribution in [2.75, 3.05) is 13.1 Å². The lowest BCUT2D eigenvalue weighted by Gasteiger charge is -2.51. The van der Waals surface area contributed by atoms with E-state index in [9.17, 15) is 4.79 Å². The van der Waals surface area contributed by atoms with Crippen LogP contribution in [0.1, 0.15) is 43.4 Å². The number of piperidine rings is 3. The predicted molar refractivity (Wildman–Crippen MR) is 123 cm³/mol. The molecule has 2 bridgehead atoms. The molecule has 1 aromatic heterocycles. The fourth-order valence-corrected chi connectivity index (χ4v) is 5.62. The Morgan fingerprint density at radius 1 is 1.13 bits per heavy atom. The average Bonchev–Trinajstić information content (AvgIpc) is 2.83. The zero-order valence-electron chi connectivity index (χ0n) is 18.1. The SMILES string of the molecule is CC[C@H]1CN2CC[C@@H]1C[C@@H]2[C@@H](OC(=O)Cc1ccccc1)c1ccnc2ccccc12. The number of hydrogen-bond acceptors (Lipinski definition) is 4. The Kier molecular flexibility index (Phi) is 5.73. The quantitative estimate of drug-likeness (QED) is 0.521. The first kappa shape index (κ1) is 20.2. The summed E-state index contributed by atoms with van der Waals surface area (Å²) >= 11 is 0. The fraction of sp³-hybridized carbons (Fsp3) is 0.407. The molecule has 2 aromatic carbocycles. The third-order valence-corrected chi connectivity index (χ3v) is 7.25. The van der Waals surface area contributed by atoms with Crippen molar-refractivity contribution in [3.05, 3.63) is 78.0 Å². The Labute approximate surface area is 184 Å². The lowest BCUT2D eigenvalue weighted by molar-refractivity contribution is -0.157. The number of esters is 1. The lowest BCUT2D eigenvalue weighted by Crippen LogP contribution is -2.55. The highest BCUT2D eigenvalue weighted by atomic mass is 16.5. The largest absolute Gasteiger partial charge is 0.456 e. The van der Waals surface area contributed by atoms with Gasteiger partial charge in [0.1, 0.15) is 6.10 Å². The molecular weight excluding hydrogens is 384 g/mol. The van der Waals surface area contributed by atoms with E-state index < -0.39 is 0 Å². The van der Waals surface area contributed by atoms with Gasteiger partial charge in [0, 0.05) is 23.7 Å². The number of carbonyl (C=O) groups is 1. The number of fused-ring (bicyclic) bond motifs is 4. The molecule has 4 heterocycles. The molecule has 3 aromatic rings. The number of benzene rings is 2. The molecule has 0 radical (unpaired) electrons. The van der Waals surface area contributed by atoms with Gasteiger partial charge in [-0.2, -0.15) is 0 Å².